The zero-order chi connectivity index (χ0) is 11.6. The zero-order valence-electron chi connectivity index (χ0n) is 11.3. The largest absolute Gasteiger partial charge is 0.318 e. The molecule has 2 unspecified atom stereocenters. The van der Waals surface area contributed by atoms with Crippen molar-refractivity contribution >= 4 is 0 Å². The predicted octanol–water partition coefficient (Wildman–Crippen LogP) is 2.64. The van der Waals surface area contributed by atoms with E-state index in [1.807, 2.05) is 0 Å². The fourth-order valence-corrected chi connectivity index (χ4v) is 3.81. The summed E-state index contributed by atoms with van der Waals surface area (Å²) in [5, 5.41) is 3.38. The van der Waals surface area contributed by atoms with Gasteiger partial charge < -0.3 is 5.32 Å². The van der Waals surface area contributed by atoms with Crippen molar-refractivity contribution in [2.24, 2.45) is 5.41 Å². The summed E-state index contributed by atoms with van der Waals surface area (Å²) in [6.07, 6.45) is 8.50. The van der Waals surface area contributed by atoms with E-state index in [2.05, 4.69) is 31.1 Å². The van der Waals surface area contributed by atoms with Crippen molar-refractivity contribution in [3.8, 4) is 0 Å². The minimum Gasteiger partial charge on any atom is -0.318 e. The Labute approximate surface area is 101 Å². The summed E-state index contributed by atoms with van der Waals surface area (Å²) in [4.78, 5) is 2.83. The molecule has 0 aromatic carbocycles. The molecule has 0 aromatic heterocycles. The van der Waals surface area contributed by atoms with Crippen LogP contribution in [-0.2, 0) is 0 Å². The molecule has 1 N–H and O–H groups in total. The standard InChI is InChI=1S/C14H28N2/c1-14(2)9-6-8-13(14)16-10-5-4-7-12(16)11-15-3/h12-13,15H,4-11H2,1-3H3. The Bertz CT molecular complexity index is 223. The summed E-state index contributed by atoms with van der Waals surface area (Å²) in [5.74, 6) is 0. The highest BCUT2D eigenvalue weighted by atomic mass is 15.2. The summed E-state index contributed by atoms with van der Waals surface area (Å²) in [5.41, 5.74) is 0.545. The first-order valence-electron chi connectivity index (χ1n) is 7.05. The number of piperidine rings is 1. The molecule has 1 aliphatic carbocycles. The third kappa shape index (κ3) is 2.43. The van der Waals surface area contributed by atoms with E-state index in [0.717, 1.165) is 12.1 Å². The van der Waals surface area contributed by atoms with E-state index in [0.29, 0.717) is 5.41 Å². The Morgan fingerprint density at radius 1 is 1.19 bits per heavy atom. The fraction of sp³-hybridized carbons (Fsp3) is 1.00. The number of nitrogens with one attached hydrogen (secondary N) is 1. The summed E-state index contributed by atoms with van der Waals surface area (Å²) in [6, 6.07) is 1.63. The van der Waals surface area contributed by atoms with Crippen molar-refractivity contribution < 1.29 is 0 Å². The molecule has 2 atom stereocenters. The molecular formula is C14H28N2. The number of hydrogen-bond donors (Lipinski definition) is 1. The van der Waals surface area contributed by atoms with Crippen LogP contribution in [0.25, 0.3) is 0 Å². The smallest absolute Gasteiger partial charge is 0.0223 e. The molecule has 0 bridgehead atoms. The summed E-state index contributed by atoms with van der Waals surface area (Å²) in [7, 11) is 2.09. The SMILES string of the molecule is CNCC1CCCCN1C1CCCC1(C)C. The molecule has 0 amide bonds. The van der Waals surface area contributed by atoms with E-state index in [4.69, 9.17) is 0 Å². The highest BCUT2D eigenvalue weighted by Gasteiger charge is 2.41. The Morgan fingerprint density at radius 3 is 2.62 bits per heavy atom. The van der Waals surface area contributed by atoms with Gasteiger partial charge in [0.15, 0.2) is 0 Å². The first-order chi connectivity index (χ1) is 7.65. The van der Waals surface area contributed by atoms with Crippen molar-refractivity contribution in [2.75, 3.05) is 20.1 Å². The van der Waals surface area contributed by atoms with E-state index in [9.17, 15) is 0 Å². The van der Waals surface area contributed by atoms with Crippen LogP contribution in [0.3, 0.4) is 0 Å². The molecule has 2 nitrogen and oxygen atoms in total. The molecule has 16 heavy (non-hydrogen) atoms. The van der Waals surface area contributed by atoms with Crippen LogP contribution in [0.15, 0.2) is 0 Å². The quantitative estimate of drug-likeness (QED) is 0.793. The Kier molecular flexibility index (Phi) is 3.91. The topological polar surface area (TPSA) is 15.3 Å². The van der Waals surface area contributed by atoms with Crippen LogP contribution in [0, 0.1) is 5.41 Å². The maximum atomic E-state index is 3.38. The van der Waals surface area contributed by atoms with Gasteiger partial charge in [0.1, 0.15) is 0 Å². The van der Waals surface area contributed by atoms with Crippen LogP contribution in [0.5, 0.6) is 0 Å². The number of likely N-dealkylation sites (tertiary alicyclic amines) is 1. The van der Waals surface area contributed by atoms with Crippen LogP contribution in [0.1, 0.15) is 52.4 Å². The minimum absolute atomic E-state index is 0.545. The summed E-state index contributed by atoms with van der Waals surface area (Å²) in [6.45, 7) is 7.44. The summed E-state index contributed by atoms with van der Waals surface area (Å²) < 4.78 is 0. The van der Waals surface area contributed by atoms with Gasteiger partial charge in [0, 0.05) is 18.6 Å². The number of likely N-dealkylation sites (N-methyl/N-ethyl adjacent to an activating group) is 1. The van der Waals surface area contributed by atoms with Crippen LogP contribution in [0.4, 0.5) is 0 Å². The molecule has 2 rings (SSSR count). The van der Waals surface area contributed by atoms with Gasteiger partial charge in [-0.1, -0.05) is 26.7 Å². The van der Waals surface area contributed by atoms with Crippen LogP contribution in [0.2, 0.25) is 0 Å². The Morgan fingerprint density at radius 2 is 2.00 bits per heavy atom. The monoisotopic (exact) mass is 224 g/mol. The lowest BCUT2D eigenvalue weighted by molar-refractivity contribution is 0.0446. The molecule has 1 saturated carbocycles. The van der Waals surface area contributed by atoms with Gasteiger partial charge in [0.2, 0.25) is 0 Å². The van der Waals surface area contributed by atoms with Crippen molar-refractivity contribution in [3.63, 3.8) is 0 Å². The Balaban J connectivity index is 2.04. The molecule has 2 aliphatic rings. The lowest BCUT2D eigenvalue weighted by atomic mass is 9.84. The van der Waals surface area contributed by atoms with Crippen LogP contribution >= 0.6 is 0 Å². The van der Waals surface area contributed by atoms with Gasteiger partial charge in [0.05, 0.1) is 0 Å². The first kappa shape index (κ1) is 12.4. The third-order valence-electron chi connectivity index (χ3n) is 4.71. The van der Waals surface area contributed by atoms with Gasteiger partial charge in [0.25, 0.3) is 0 Å². The molecule has 1 heterocycles. The molecule has 1 aliphatic heterocycles. The zero-order valence-corrected chi connectivity index (χ0v) is 11.3. The van der Waals surface area contributed by atoms with Gasteiger partial charge in [-0.25, -0.2) is 0 Å². The first-order valence-corrected chi connectivity index (χ1v) is 7.05. The molecule has 94 valence electrons. The fourth-order valence-electron chi connectivity index (χ4n) is 3.81. The van der Waals surface area contributed by atoms with Crippen LogP contribution in [-0.4, -0.2) is 37.1 Å². The Hall–Kier alpha value is -0.0800. The maximum Gasteiger partial charge on any atom is 0.0223 e. The second-order valence-corrected chi connectivity index (χ2v) is 6.34. The molecule has 0 aromatic rings. The lowest BCUT2D eigenvalue weighted by Gasteiger charge is -2.45. The average Bonchev–Trinajstić information content (AvgIpc) is 2.59. The molecular weight excluding hydrogens is 196 g/mol. The van der Waals surface area contributed by atoms with Gasteiger partial charge in [-0.05, 0) is 44.7 Å². The number of rotatable bonds is 3. The van der Waals surface area contributed by atoms with E-state index < -0.39 is 0 Å². The van der Waals surface area contributed by atoms with Gasteiger partial charge in [-0.2, -0.15) is 0 Å². The number of hydrogen-bond acceptors (Lipinski definition) is 2. The normalized spacial score (nSPS) is 35.4. The minimum atomic E-state index is 0.545. The van der Waals surface area contributed by atoms with Gasteiger partial charge in [-0.3, -0.25) is 4.90 Å². The van der Waals surface area contributed by atoms with Gasteiger partial charge in [-0.15, -0.1) is 0 Å². The second kappa shape index (κ2) is 5.05. The summed E-state index contributed by atoms with van der Waals surface area (Å²) >= 11 is 0. The lowest BCUT2D eigenvalue weighted by Crippen LogP contribution is -2.53. The van der Waals surface area contributed by atoms with Crippen molar-refractivity contribution in [3.05, 3.63) is 0 Å². The molecule has 2 fully saturated rings. The third-order valence-corrected chi connectivity index (χ3v) is 4.71. The molecule has 0 radical (unpaired) electrons. The van der Waals surface area contributed by atoms with Gasteiger partial charge >= 0.3 is 0 Å². The van der Waals surface area contributed by atoms with Crippen LogP contribution < -0.4 is 5.32 Å². The highest BCUT2D eigenvalue weighted by Crippen LogP contribution is 2.42. The number of nitrogens with zero attached hydrogens (tertiary/aromatic N) is 1. The second-order valence-electron chi connectivity index (χ2n) is 6.34. The van der Waals surface area contributed by atoms with Crippen molar-refractivity contribution in [2.45, 2.75) is 64.5 Å². The molecule has 2 heteroatoms. The van der Waals surface area contributed by atoms with E-state index >= 15 is 0 Å². The average molecular weight is 224 g/mol. The van der Waals surface area contributed by atoms with Crippen molar-refractivity contribution in [1.82, 2.24) is 10.2 Å². The predicted molar refractivity (Wildman–Crippen MR) is 69.7 cm³/mol. The van der Waals surface area contributed by atoms with Crippen molar-refractivity contribution in [1.29, 1.82) is 0 Å². The van der Waals surface area contributed by atoms with E-state index in [-0.39, 0.29) is 0 Å². The molecule has 0 spiro atoms. The van der Waals surface area contributed by atoms with E-state index in [1.165, 1.54) is 51.6 Å². The molecule has 1 saturated heterocycles. The van der Waals surface area contributed by atoms with E-state index in [1.54, 1.807) is 0 Å². The highest BCUT2D eigenvalue weighted by molar-refractivity contribution is 4.95. The maximum absolute atomic E-state index is 3.38.